The number of rotatable bonds is 19. The van der Waals surface area contributed by atoms with E-state index < -0.39 is 136 Å². The first kappa shape index (κ1) is 46.6. The van der Waals surface area contributed by atoms with Crippen LogP contribution >= 0.6 is 0 Å². The minimum absolute atomic E-state index is 0.0414. The Labute approximate surface area is 319 Å². The van der Waals surface area contributed by atoms with Crippen molar-refractivity contribution in [2.45, 2.75) is 144 Å². The van der Waals surface area contributed by atoms with Crippen molar-refractivity contribution in [3.05, 3.63) is 0 Å². The van der Waals surface area contributed by atoms with E-state index in [0.29, 0.717) is 6.61 Å². The second-order valence-electron chi connectivity index (χ2n) is 13.5. The predicted octanol–water partition coefficient (Wildman–Crippen LogP) is -4.94. The van der Waals surface area contributed by atoms with Crippen molar-refractivity contribution in [2.24, 2.45) is 5.73 Å². The lowest BCUT2D eigenvalue weighted by atomic mass is 9.93. The van der Waals surface area contributed by atoms with E-state index in [1.807, 2.05) is 6.92 Å². The molecule has 3 fully saturated rings. The molecule has 16 atom stereocenters. The molecule has 8 unspecified atom stereocenters. The van der Waals surface area contributed by atoms with E-state index in [1.165, 1.54) is 0 Å². The number of carbonyl (C=O) groups excluding carboxylic acids is 3. The fourth-order valence-corrected chi connectivity index (χ4v) is 6.22. The van der Waals surface area contributed by atoms with Gasteiger partial charge in [-0.2, -0.15) is 0 Å². The van der Waals surface area contributed by atoms with E-state index in [9.17, 15) is 50.1 Å². The molecule has 0 spiro atoms. The van der Waals surface area contributed by atoms with Crippen LogP contribution in [-0.4, -0.2) is 191 Å². The number of aliphatic hydroxyl groups excluding tert-OH is 7. The van der Waals surface area contributed by atoms with Gasteiger partial charge in [0.05, 0.1) is 38.6 Å². The quantitative estimate of drug-likeness (QED) is 0.0431. The van der Waals surface area contributed by atoms with Gasteiger partial charge in [-0.05, 0) is 19.8 Å². The van der Waals surface area contributed by atoms with Crippen molar-refractivity contribution in [3.8, 4) is 12.3 Å². The molecule has 3 amide bonds. The molecule has 3 aliphatic rings. The SMILES string of the molecule is C#CCCC(=O)NC1[C@H](O[C@H]2C(CO)OC(OCC3O[C@@H](C)C(N)[C@@H](O)[C@@H]3O)[C@H](NC(=O)C(CC)NC(=O)OCCOCCC)C2O)OC(CO)[C@@H](O)[C@@H]1O. The summed E-state index contributed by atoms with van der Waals surface area (Å²) in [6.45, 7) is 3.54. The van der Waals surface area contributed by atoms with Gasteiger partial charge in [-0.3, -0.25) is 9.59 Å². The van der Waals surface area contributed by atoms with Crippen molar-refractivity contribution in [1.82, 2.24) is 16.0 Å². The van der Waals surface area contributed by atoms with Gasteiger partial charge in [-0.15, -0.1) is 12.3 Å². The lowest BCUT2D eigenvalue weighted by Crippen LogP contribution is -2.70. The van der Waals surface area contributed by atoms with Crippen LogP contribution in [0.5, 0.6) is 0 Å². The van der Waals surface area contributed by atoms with Gasteiger partial charge in [-0.1, -0.05) is 13.8 Å². The molecular formula is C34H58N4O17. The summed E-state index contributed by atoms with van der Waals surface area (Å²) in [7, 11) is 0. The third kappa shape index (κ3) is 12.6. The Hall–Kier alpha value is -2.79. The van der Waals surface area contributed by atoms with Crippen LogP contribution < -0.4 is 21.7 Å². The minimum atomic E-state index is -1.84. The summed E-state index contributed by atoms with van der Waals surface area (Å²) in [5.74, 6) is 0.821. The topological polar surface area (TPSA) is 320 Å². The van der Waals surface area contributed by atoms with Gasteiger partial charge >= 0.3 is 6.09 Å². The monoisotopic (exact) mass is 794 g/mol. The van der Waals surface area contributed by atoms with Crippen LogP contribution in [0.25, 0.3) is 0 Å². The average Bonchev–Trinajstić information content (AvgIpc) is 3.17. The maximum atomic E-state index is 13.6. The van der Waals surface area contributed by atoms with Crippen LogP contribution in [0.4, 0.5) is 4.79 Å². The third-order valence-electron chi connectivity index (χ3n) is 9.47. The lowest BCUT2D eigenvalue weighted by molar-refractivity contribution is -0.335. The van der Waals surface area contributed by atoms with Crippen LogP contribution in [0.3, 0.4) is 0 Å². The Kier molecular flexibility index (Phi) is 19.3. The molecule has 3 rings (SSSR count). The molecule has 0 aliphatic carbocycles. The van der Waals surface area contributed by atoms with Gasteiger partial charge < -0.3 is 90.6 Å². The maximum absolute atomic E-state index is 13.6. The number of amides is 3. The van der Waals surface area contributed by atoms with Crippen molar-refractivity contribution in [1.29, 1.82) is 0 Å². The molecule has 0 aromatic heterocycles. The number of ether oxygens (including phenoxy) is 7. The molecule has 0 aromatic rings. The Morgan fingerprint density at radius 2 is 1.49 bits per heavy atom. The number of nitrogens with two attached hydrogens (primary N) is 1. The zero-order chi connectivity index (χ0) is 40.8. The van der Waals surface area contributed by atoms with Gasteiger partial charge in [-0.25, -0.2) is 4.79 Å². The summed E-state index contributed by atoms with van der Waals surface area (Å²) in [6.07, 6.45) is -12.7. The van der Waals surface area contributed by atoms with Gasteiger partial charge in [0.1, 0.15) is 79.7 Å². The van der Waals surface area contributed by atoms with Crippen LogP contribution in [-0.2, 0) is 42.7 Å². The minimum Gasteiger partial charge on any atom is -0.447 e. The van der Waals surface area contributed by atoms with E-state index in [1.54, 1.807) is 13.8 Å². The number of carbonyl (C=O) groups is 3. The van der Waals surface area contributed by atoms with Gasteiger partial charge in [0.2, 0.25) is 11.8 Å². The van der Waals surface area contributed by atoms with Gasteiger partial charge in [0.15, 0.2) is 12.6 Å². The molecule has 3 aliphatic heterocycles. The van der Waals surface area contributed by atoms with Crippen molar-refractivity contribution < 1.29 is 83.3 Å². The van der Waals surface area contributed by atoms with E-state index in [2.05, 4.69) is 21.9 Å². The highest BCUT2D eigenvalue weighted by atomic mass is 16.7. The summed E-state index contributed by atoms with van der Waals surface area (Å²) in [5.41, 5.74) is 5.90. The summed E-state index contributed by atoms with van der Waals surface area (Å²) >= 11 is 0. The number of hydrogen-bond acceptors (Lipinski definition) is 18. The second kappa shape index (κ2) is 22.8. The Morgan fingerprint density at radius 3 is 2.13 bits per heavy atom. The molecule has 0 radical (unpaired) electrons. The largest absolute Gasteiger partial charge is 0.447 e. The Morgan fingerprint density at radius 1 is 0.836 bits per heavy atom. The highest BCUT2D eigenvalue weighted by Crippen LogP contribution is 2.31. The molecule has 0 saturated carbocycles. The Bertz CT molecular complexity index is 1250. The number of nitrogens with one attached hydrogen (secondary N) is 3. The number of terminal acetylenes is 1. The number of hydrogen-bond donors (Lipinski definition) is 11. The highest BCUT2D eigenvalue weighted by molar-refractivity contribution is 5.85. The number of aliphatic hydroxyl groups is 7. The first-order chi connectivity index (χ1) is 26.2. The van der Waals surface area contributed by atoms with Crippen LogP contribution in [0, 0.1) is 12.3 Å². The molecule has 3 saturated heterocycles. The fourth-order valence-electron chi connectivity index (χ4n) is 6.22. The fraction of sp³-hybridized carbons (Fsp3) is 0.853. The first-order valence-corrected chi connectivity index (χ1v) is 18.4. The molecule has 21 nitrogen and oxygen atoms in total. The zero-order valence-corrected chi connectivity index (χ0v) is 31.2. The van der Waals surface area contributed by atoms with E-state index >= 15 is 0 Å². The van der Waals surface area contributed by atoms with Gasteiger partial charge in [0, 0.05) is 19.4 Å². The maximum Gasteiger partial charge on any atom is 0.407 e. The van der Waals surface area contributed by atoms with Crippen LogP contribution in [0.2, 0.25) is 0 Å². The zero-order valence-electron chi connectivity index (χ0n) is 31.2. The van der Waals surface area contributed by atoms with E-state index in [-0.39, 0.29) is 32.5 Å². The lowest BCUT2D eigenvalue weighted by Gasteiger charge is -2.48. The average molecular weight is 795 g/mol. The predicted molar refractivity (Wildman–Crippen MR) is 186 cm³/mol. The smallest absolute Gasteiger partial charge is 0.407 e. The van der Waals surface area contributed by atoms with Gasteiger partial charge in [0.25, 0.3) is 0 Å². The van der Waals surface area contributed by atoms with Crippen molar-refractivity contribution in [2.75, 3.05) is 39.6 Å². The standard InChI is InChI=1S/C34H58N4O17/c1-5-8-9-21(41)37-23-28(45)25(42)18(13-39)53-33(23)55-30-19(14-40)54-32(51-15-20-26(43)27(44)22(35)16(4)52-20)24(29(30)46)38-31(47)17(7-3)36-34(48)50-12-11-49-10-6-2/h1,16-20,22-30,32-33,39-40,42-46H,6-15,35H2,2-4H3,(H,36,48)(H,37,41)(H,38,47)/t16-,17?,18?,19?,20?,22?,23?,24+,25+,26+,27+,28+,29?,30-,32?,33-/m0/s1. The highest BCUT2D eigenvalue weighted by Gasteiger charge is 2.53. The summed E-state index contributed by atoms with van der Waals surface area (Å²) in [5, 5.41) is 82.1. The second-order valence-corrected chi connectivity index (χ2v) is 13.5. The number of alkyl carbamates (subject to hydrolysis) is 1. The van der Waals surface area contributed by atoms with E-state index in [4.69, 9.17) is 45.3 Å². The van der Waals surface area contributed by atoms with Crippen molar-refractivity contribution >= 4 is 17.9 Å². The molecule has 21 heteroatoms. The molecule has 12 N–H and O–H groups in total. The van der Waals surface area contributed by atoms with Crippen LogP contribution in [0.1, 0.15) is 46.5 Å². The molecule has 0 aromatic carbocycles. The molecular weight excluding hydrogens is 736 g/mol. The third-order valence-corrected chi connectivity index (χ3v) is 9.47. The summed E-state index contributed by atoms with van der Waals surface area (Å²) in [6, 6.07) is -5.17. The van der Waals surface area contributed by atoms with E-state index in [0.717, 1.165) is 6.42 Å². The van der Waals surface area contributed by atoms with Crippen molar-refractivity contribution in [3.63, 3.8) is 0 Å². The molecule has 3 heterocycles. The Balaban J connectivity index is 1.88. The molecule has 0 bridgehead atoms. The normalized spacial score (nSPS) is 36.9. The molecule has 55 heavy (non-hydrogen) atoms. The molecule has 316 valence electrons. The first-order valence-electron chi connectivity index (χ1n) is 18.4. The summed E-state index contributed by atoms with van der Waals surface area (Å²) in [4.78, 5) is 38.7. The summed E-state index contributed by atoms with van der Waals surface area (Å²) < 4.78 is 39.7. The van der Waals surface area contributed by atoms with Crippen LogP contribution in [0.15, 0.2) is 0 Å².